The second-order valence-corrected chi connectivity index (χ2v) is 6.89. The van der Waals surface area contributed by atoms with E-state index in [0.29, 0.717) is 5.75 Å². The van der Waals surface area contributed by atoms with Gasteiger partial charge in [-0.1, -0.05) is 42.7 Å². The highest BCUT2D eigenvalue weighted by Gasteiger charge is 2.28. The van der Waals surface area contributed by atoms with E-state index < -0.39 is 0 Å². The van der Waals surface area contributed by atoms with E-state index in [1.807, 2.05) is 7.05 Å². The number of hydrogen-bond acceptors (Lipinski definition) is 3. The van der Waals surface area contributed by atoms with Crippen LogP contribution in [0.15, 0.2) is 24.3 Å². The Labute approximate surface area is 131 Å². The lowest BCUT2D eigenvalue weighted by Gasteiger charge is -2.35. The Kier molecular flexibility index (Phi) is 6.12. The van der Waals surface area contributed by atoms with E-state index in [1.165, 1.54) is 11.1 Å². The summed E-state index contributed by atoms with van der Waals surface area (Å²) in [6, 6.07) is 8.39. The Balaban J connectivity index is 1.78. The van der Waals surface area contributed by atoms with Crippen molar-refractivity contribution in [3.63, 3.8) is 0 Å². The van der Waals surface area contributed by atoms with E-state index in [2.05, 4.69) is 31.2 Å². The van der Waals surface area contributed by atoms with Gasteiger partial charge in [0, 0.05) is 12.8 Å². The Bertz CT molecular complexity index is 478. The number of nitrogens with zero attached hydrogens (tertiary/aromatic N) is 1. The standard InChI is InChI=1S/C17H25NO2S/c1-13-6-5-7-14(10-13)11-21-12-17(20)18(2)15-8-3-4-9-16(15)19/h5-7,10,15-16,19H,3-4,8-9,11-12H2,1-2H3. The van der Waals surface area contributed by atoms with Gasteiger partial charge in [0.05, 0.1) is 17.9 Å². The highest BCUT2D eigenvalue weighted by molar-refractivity contribution is 7.99. The van der Waals surface area contributed by atoms with E-state index in [0.717, 1.165) is 31.4 Å². The molecule has 116 valence electrons. The summed E-state index contributed by atoms with van der Waals surface area (Å²) in [6.45, 7) is 2.08. The van der Waals surface area contributed by atoms with Crippen molar-refractivity contribution in [2.75, 3.05) is 12.8 Å². The van der Waals surface area contributed by atoms with Crippen molar-refractivity contribution < 1.29 is 9.90 Å². The maximum Gasteiger partial charge on any atom is 0.232 e. The minimum absolute atomic E-state index is 0.00539. The van der Waals surface area contributed by atoms with Crippen molar-refractivity contribution in [1.82, 2.24) is 4.90 Å². The summed E-state index contributed by atoms with van der Waals surface area (Å²) in [5.41, 5.74) is 2.51. The lowest BCUT2D eigenvalue weighted by molar-refractivity contribution is -0.132. The fraction of sp³-hybridized carbons (Fsp3) is 0.588. The van der Waals surface area contributed by atoms with Gasteiger partial charge in [-0.05, 0) is 25.3 Å². The zero-order valence-electron chi connectivity index (χ0n) is 12.9. The molecule has 1 aromatic rings. The molecule has 0 radical (unpaired) electrons. The number of thioether (sulfide) groups is 1. The van der Waals surface area contributed by atoms with E-state index in [9.17, 15) is 9.90 Å². The van der Waals surface area contributed by atoms with Crippen molar-refractivity contribution >= 4 is 17.7 Å². The molecule has 0 spiro atoms. The molecule has 0 aliphatic heterocycles. The van der Waals surface area contributed by atoms with Gasteiger partial charge >= 0.3 is 0 Å². The summed E-state index contributed by atoms with van der Waals surface area (Å²) >= 11 is 1.64. The number of aryl methyl sites for hydroxylation is 1. The highest BCUT2D eigenvalue weighted by atomic mass is 32.2. The van der Waals surface area contributed by atoms with Crippen molar-refractivity contribution in [2.24, 2.45) is 0 Å². The van der Waals surface area contributed by atoms with Crippen LogP contribution in [-0.4, -0.2) is 40.9 Å². The molecule has 4 heteroatoms. The molecular formula is C17H25NO2S. The van der Waals surface area contributed by atoms with Crippen LogP contribution in [0.3, 0.4) is 0 Å². The molecule has 2 rings (SSSR count). The molecule has 1 aliphatic carbocycles. The van der Waals surface area contributed by atoms with Gasteiger partial charge in [-0.25, -0.2) is 0 Å². The van der Waals surface area contributed by atoms with Crippen LogP contribution in [0.1, 0.15) is 36.8 Å². The molecule has 2 unspecified atom stereocenters. The number of likely N-dealkylation sites (N-methyl/N-ethyl adjacent to an activating group) is 1. The minimum atomic E-state index is -0.352. The summed E-state index contributed by atoms with van der Waals surface area (Å²) < 4.78 is 0. The Hall–Kier alpha value is -1.00. The van der Waals surface area contributed by atoms with Crippen LogP contribution < -0.4 is 0 Å². The number of hydrogen-bond donors (Lipinski definition) is 1. The van der Waals surface area contributed by atoms with Gasteiger partial charge in [-0.3, -0.25) is 4.79 Å². The first-order chi connectivity index (χ1) is 10.1. The maximum absolute atomic E-state index is 12.2. The van der Waals surface area contributed by atoms with Crippen LogP contribution in [-0.2, 0) is 10.5 Å². The number of carbonyl (C=O) groups excluding carboxylic acids is 1. The number of amides is 1. The summed E-state index contributed by atoms with van der Waals surface area (Å²) in [7, 11) is 1.83. The zero-order valence-corrected chi connectivity index (χ0v) is 13.7. The van der Waals surface area contributed by atoms with Gasteiger partial charge in [0.25, 0.3) is 0 Å². The first-order valence-corrected chi connectivity index (χ1v) is 8.80. The maximum atomic E-state index is 12.2. The van der Waals surface area contributed by atoms with Crippen LogP contribution in [0.5, 0.6) is 0 Å². The monoisotopic (exact) mass is 307 g/mol. The largest absolute Gasteiger partial charge is 0.391 e. The zero-order chi connectivity index (χ0) is 15.2. The molecule has 3 nitrogen and oxygen atoms in total. The third kappa shape index (κ3) is 4.75. The quantitative estimate of drug-likeness (QED) is 0.909. The first-order valence-electron chi connectivity index (χ1n) is 7.65. The van der Waals surface area contributed by atoms with Gasteiger partial charge in [0.15, 0.2) is 0 Å². The Morgan fingerprint density at radius 2 is 2.14 bits per heavy atom. The van der Waals surface area contributed by atoms with Crippen molar-refractivity contribution in [2.45, 2.75) is 50.5 Å². The lowest BCUT2D eigenvalue weighted by atomic mass is 9.91. The Morgan fingerprint density at radius 3 is 2.86 bits per heavy atom. The molecule has 0 bridgehead atoms. The van der Waals surface area contributed by atoms with Gasteiger partial charge in [-0.15, -0.1) is 11.8 Å². The van der Waals surface area contributed by atoms with E-state index >= 15 is 0 Å². The minimum Gasteiger partial charge on any atom is -0.391 e. The molecule has 0 heterocycles. The van der Waals surface area contributed by atoms with Crippen LogP contribution in [0, 0.1) is 6.92 Å². The van der Waals surface area contributed by atoms with Gasteiger partial charge < -0.3 is 10.0 Å². The summed E-state index contributed by atoms with van der Waals surface area (Å²) in [5, 5.41) is 10.0. The van der Waals surface area contributed by atoms with Crippen LogP contribution in [0.25, 0.3) is 0 Å². The molecule has 1 N–H and O–H groups in total. The van der Waals surface area contributed by atoms with Crippen molar-refractivity contribution in [1.29, 1.82) is 0 Å². The molecule has 2 atom stereocenters. The third-order valence-electron chi connectivity index (χ3n) is 4.16. The fourth-order valence-corrected chi connectivity index (χ4v) is 3.78. The topological polar surface area (TPSA) is 40.5 Å². The average molecular weight is 307 g/mol. The van der Waals surface area contributed by atoms with Gasteiger partial charge in [0.1, 0.15) is 0 Å². The second kappa shape index (κ2) is 7.85. The summed E-state index contributed by atoms with van der Waals surface area (Å²) in [5.74, 6) is 1.46. The first kappa shape index (κ1) is 16.4. The number of benzene rings is 1. The van der Waals surface area contributed by atoms with Crippen LogP contribution in [0.2, 0.25) is 0 Å². The molecule has 1 amide bonds. The van der Waals surface area contributed by atoms with Gasteiger partial charge in [-0.2, -0.15) is 0 Å². The number of carbonyl (C=O) groups is 1. The smallest absolute Gasteiger partial charge is 0.232 e. The number of rotatable bonds is 5. The predicted octanol–water partition coefficient (Wildman–Crippen LogP) is 2.99. The molecule has 1 saturated carbocycles. The predicted molar refractivity (Wildman–Crippen MR) is 88.4 cm³/mol. The molecule has 1 aliphatic rings. The molecule has 0 aromatic heterocycles. The fourth-order valence-electron chi connectivity index (χ4n) is 2.89. The Morgan fingerprint density at radius 1 is 1.38 bits per heavy atom. The molecule has 1 fully saturated rings. The van der Waals surface area contributed by atoms with Crippen LogP contribution in [0.4, 0.5) is 0 Å². The van der Waals surface area contributed by atoms with E-state index in [1.54, 1.807) is 16.7 Å². The summed E-state index contributed by atoms with van der Waals surface area (Å²) in [4.78, 5) is 14.0. The van der Waals surface area contributed by atoms with Crippen molar-refractivity contribution in [3.8, 4) is 0 Å². The SMILES string of the molecule is Cc1cccc(CSCC(=O)N(C)C2CCCCC2O)c1. The third-order valence-corrected chi connectivity index (χ3v) is 5.15. The highest BCUT2D eigenvalue weighted by Crippen LogP contribution is 2.23. The molecule has 1 aromatic carbocycles. The molecule has 21 heavy (non-hydrogen) atoms. The van der Waals surface area contributed by atoms with E-state index in [4.69, 9.17) is 0 Å². The number of aliphatic hydroxyl groups is 1. The van der Waals surface area contributed by atoms with Gasteiger partial charge in [0.2, 0.25) is 5.91 Å². The van der Waals surface area contributed by atoms with E-state index in [-0.39, 0.29) is 18.1 Å². The van der Waals surface area contributed by atoms with Crippen LogP contribution >= 0.6 is 11.8 Å². The average Bonchev–Trinajstić information content (AvgIpc) is 2.47. The normalized spacial score (nSPS) is 22.0. The molecular weight excluding hydrogens is 282 g/mol. The second-order valence-electron chi connectivity index (χ2n) is 5.91. The number of aliphatic hydroxyl groups excluding tert-OH is 1. The summed E-state index contributed by atoms with van der Waals surface area (Å²) in [6.07, 6.45) is 3.57. The van der Waals surface area contributed by atoms with Crippen molar-refractivity contribution in [3.05, 3.63) is 35.4 Å². The lowest BCUT2D eigenvalue weighted by Crippen LogP contribution is -2.46. The molecule has 0 saturated heterocycles.